The molecule has 1 aliphatic rings. The quantitative estimate of drug-likeness (QED) is 0.745. The van der Waals surface area contributed by atoms with E-state index in [-0.39, 0.29) is 11.6 Å². The maximum atomic E-state index is 11.4. The van der Waals surface area contributed by atoms with Crippen molar-refractivity contribution in [3.8, 4) is 0 Å². The molecule has 1 aromatic heterocycles. The Labute approximate surface area is 80.8 Å². The maximum Gasteiger partial charge on any atom is 0.349 e. The molecule has 0 spiro atoms. The Morgan fingerprint density at radius 3 is 2.86 bits per heavy atom. The fourth-order valence-corrected chi connectivity index (χ4v) is 1.29. The van der Waals surface area contributed by atoms with Gasteiger partial charge in [0.15, 0.2) is 0 Å². The molecule has 0 radical (unpaired) electrons. The van der Waals surface area contributed by atoms with Gasteiger partial charge in [-0.25, -0.2) is 4.79 Å². The summed E-state index contributed by atoms with van der Waals surface area (Å²) in [5, 5.41) is 2.47. The number of amides is 1. The number of hydrogen-bond acceptors (Lipinski definition) is 3. The van der Waals surface area contributed by atoms with Gasteiger partial charge in [-0.1, -0.05) is 0 Å². The molecule has 1 aromatic rings. The highest BCUT2D eigenvalue weighted by Gasteiger charge is 2.24. The Bertz CT molecular complexity index is 420. The fraction of sp³-hybridized carbons (Fsp3) is 0.444. The van der Waals surface area contributed by atoms with Crippen molar-refractivity contribution in [3.63, 3.8) is 0 Å². The average molecular weight is 193 g/mol. The van der Waals surface area contributed by atoms with Crippen molar-refractivity contribution in [2.45, 2.75) is 25.8 Å². The standard InChI is InChI=1S/C9H11N3O2/c1-6(13)10-8-4-5-12(7-2-3-7)9(14)11-8/h4-5,7H,2-3H2,1H3,(H,10,11,13,14). The monoisotopic (exact) mass is 193 g/mol. The Morgan fingerprint density at radius 1 is 1.64 bits per heavy atom. The lowest BCUT2D eigenvalue weighted by Gasteiger charge is -2.03. The van der Waals surface area contributed by atoms with E-state index >= 15 is 0 Å². The molecule has 1 amide bonds. The van der Waals surface area contributed by atoms with Crippen LogP contribution in [0.15, 0.2) is 17.1 Å². The lowest BCUT2D eigenvalue weighted by Crippen LogP contribution is -2.23. The minimum absolute atomic E-state index is 0.221. The van der Waals surface area contributed by atoms with Gasteiger partial charge >= 0.3 is 5.69 Å². The second-order valence-electron chi connectivity index (χ2n) is 3.41. The topological polar surface area (TPSA) is 64.0 Å². The maximum absolute atomic E-state index is 11.4. The molecule has 1 fully saturated rings. The number of carbonyl (C=O) groups is 1. The average Bonchev–Trinajstić information content (AvgIpc) is 2.86. The molecule has 5 nitrogen and oxygen atoms in total. The van der Waals surface area contributed by atoms with E-state index in [1.54, 1.807) is 16.8 Å². The Kier molecular flexibility index (Phi) is 2.07. The molecule has 1 N–H and O–H groups in total. The number of nitrogens with zero attached hydrogens (tertiary/aromatic N) is 2. The molecule has 0 atom stereocenters. The third-order valence-electron chi connectivity index (χ3n) is 2.07. The second-order valence-corrected chi connectivity index (χ2v) is 3.41. The van der Waals surface area contributed by atoms with E-state index in [9.17, 15) is 9.59 Å². The number of anilines is 1. The highest BCUT2D eigenvalue weighted by molar-refractivity contribution is 5.87. The molecule has 74 valence electrons. The summed E-state index contributed by atoms with van der Waals surface area (Å²) in [7, 11) is 0. The van der Waals surface area contributed by atoms with Gasteiger partial charge in [0.25, 0.3) is 0 Å². The number of rotatable bonds is 2. The van der Waals surface area contributed by atoms with Crippen LogP contribution in [0.5, 0.6) is 0 Å². The van der Waals surface area contributed by atoms with Crippen LogP contribution in [0.3, 0.4) is 0 Å². The highest BCUT2D eigenvalue weighted by Crippen LogP contribution is 2.33. The van der Waals surface area contributed by atoms with Gasteiger partial charge in [-0.05, 0) is 18.9 Å². The van der Waals surface area contributed by atoms with E-state index in [0.29, 0.717) is 11.9 Å². The van der Waals surface area contributed by atoms with E-state index in [2.05, 4.69) is 10.3 Å². The van der Waals surface area contributed by atoms with Crippen LogP contribution in [0.4, 0.5) is 5.82 Å². The van der Waals surface area contributed by atoms with Crippen molar-refractivity contribution < 1.29 is 4.79 Å². The van der Waals surface area contributed by atoms with Crippen molar-refractivity contribution in [3.05, 3.63) is 22.7 Å². The summed E-state index contributed by atoms with van der Waals surface area (Å²) in [6.07, 6.45) is 3.76. The highest BCUT2D eigenvalue weighted by atomic mass is 16.2. The fourth-order valence-electron chi connectivity index (χ4n) is 1.29. The third-order valence-corrected chi connectivity index (χ3v) is 2.07. The largest absolute Gasteiger partial charge is 0.349 e. The van der Waals surface area contributed by atoms with Crippen LogP contribution in [0.2, 0.25) is 0 Å². The van der Waals surface area contributed by atoms with E-state index in [1.807, 2.05) is 0 Å². The number of hydrogen-bond donors (Lipinski definition) is 1. The van der Waals surface area contributed by atoms with Gasteiger partial charge in [-0.15, -0.1) is 0 Å². The summed E-state index contributed by atoms with van der Waals surface area (Å²) in [6, 6.07) is 1.96. The molecule has 1 heterocycles. The molecule has 1 saturated carbocycles. The minimum Gasteiger partial charge on any atom is -0.311 e. The van der Waals surface area contributed by atoms with Crippen LogP contribution in [0.25, 0.3) is 0 Å². The van der Waals surface area contributed by atoms with Crippen LogP contribution in [0.1, 0.15) is 25.8 Å². The van der Waals surface area contributed by atoms with E-state index in [0.717, 1.165) is 12.8 Å². The summed E-state index contributed by atoms with van der Waals surface area (Å²) in [5.74, 6) is 0.0977. The zero-order valence-corrected chi connectivity index (χ0v) is 7.86. The first-order valence-corrected chi connectivity index (χ1v) is 4.53. The Morgan fingerprint density at radius 2 is 2.36 bits per heavy atom. The second kappa shape index (κ2) is 3.25. The Hall–Kier alpha value is -1.65. The number of aromatic nitrogens is 2. The Balaban J connectivity index is 2.26. The van der Waals surface area contributed by atoms with Gasteiger partial charge < -0.3 is 5.32 Å². The van der Waals surface area contributed by atoms with Gasteiger partial charge in [0.1, 0.15) is 5.82 Å². The summed E-state index contributed by atoms with van der Waals surface area (Å²) < 4.78 is 1.60. The van der Waals surface area contributed by atoms with Crippen molar-refractivity contribution in [1.82, 2.24) is 9.55 Å². The van der Waals surface area contributed by atoms with Gasteiger partial charge in [-0.2, -0.15) is 4.98 Å². The van der Waals surface area contributed by atoms with Crippen molar-refractivity contribution in [1.29, 1.82) is 0 Å². The molecular formula is C9H11N3O2. The lowest BCUT2D eigenvalue weighted by molar-refractivity contribution is -0.114. The van der Waals surface area contributed by atoms with Crippen LogP contribution >= 0.6 is 0 Å². The van der Waals surface area contributed by atoms with Gasteiger partial charge in [-0.3, -0.25) is 9.36 Å². The van der Waals surface area contributed by atoms with Crippen LogP contribution in [-0.4, -0.2) is 15.5 Å². The normalized spacial score (nSPS) is 15.2. The van der Waals surface area contributed by atoms with E-state index in [4.69, 9.17) is 0 Å². The zero-order valence-electron chi connectivity index (χ0n) is 7.86. The van der Waals surface area contributed by atoms with E-state index < -0.39 is 0 Å². The first kappa shape index (κ1) is 8.93. The predicted octanol–water partition coefficient (Wildman–Crippen LogP) is 0.537. The first-order chi connectivity index (χ1) is 6.66. The summed E-state index contributed by atoms with van der Waals surface area (Å²) in [6.45, 7) is 1.38. The van der Waals surface area contributed by atoms with E-state index in [1.165, 1.54) is 6.92 Å². The molecule has 14 heavy (non-hydrogen) atoms. The molecule has 0 aliphatic heterocycles. The molecule has 2 rings (SSSR count). The van der Waals surface area contributed by atoms with Crippen LogP contribution < -0.4 is 11.0 Å². The molecular weight excluding hydrogens is 182 g/mol. The van der Waals surface area contributed by atoms with Crippen LogP contribution in [0, 0.1) is 0 Å². The summed E-state index contributed by atoms with van der Waals surface area (Å²) in [5.41, 5.74) is -0.293. The number of carbonyl (C=O) groups excluding carboxylic acids is 1. The first-order valence-electron chi connectivity index (χ1n) is 4.53. The molecule has 0 saturated heterocycles. The van der Waals surface area contributed by atoms with Gasteiger partial charge in [0, 0.05) is 19.2 Å². The summed E-state index contributed by atoms with van der Waals surface area (Å²) in [4.78, 5) is 25.8. The third kappa shape index (κ3) is 1.81. The molecule has 0 aromatic carbocycles. The van der Waals surface area contributed by atoms with Crippen LogP contribution in [-0.2, 0) is 4.79 Å². The minimum atomic E-state index is -0.293. The molecule has 0 unspecified atom stereocenters. The molecule has 5 heteroatoms. The van der Waals surface area contributed by atoms with Crippen molar-refractivity contribution in [2.75, 3.05) is 5.32 Å². The lowest BCUT2D eigenvalue weighted by atomic mass is 10.5. The van der Waals surface area contributed by atoms with Crippen molar-refractivity contribution >= 4 is 11.7 Å². The predicted molar refractivity (Wildman–Crippen MR) is 51.1 cm³/mol. The molecule has 0 bridgehead atoms. The zero-order chi connectivity index (χ0) is 10.1. The number of nitrogens with one attached hydrogen (secondary N) is 1. The smallest absolute Gasteiger partial charge is 0.311 e. The van der Waals surface area contributed by atoms with Gasteiger partial charge in [0.2, 0.25) is 5.91 Å². The summed E-state index contributed by atoms with van der Waals surface area (Å²) >= 11 is 0. The van der Waals surface area contributed by atoms with Crippen molar-refractivity contribution in [2.24, 2.45) is 0 Å². The van der Waals surface area contributed by atoms with Gasteiger partial charge in [0.05, 0.1) is 0 Å². The molecule has 1 aliphatic carbocycles. The SMILES string of the molecule is CC(=O)Nc1ccn(C2CC2)c(=O)n1.